The summed E-state index contributed by atoms with van der Waals surface area (Å²) in [5, 5.41) is 4.13. The van der Waals surface area contributed by atoms with Gasteiger partial charge in [0.25, 0.3) is 5.24 Å². The third kappa shape index (κ3) is 2.25. The maximum absolute atomic E-state index is 11.2. The van der Waals surface area contributed by atoms with Crippen LogP contribution in [-0.2, 0) is 0 Å². The fourth-order valence-electron chi connectivity index (χ4n) is 1.58. The fourth-order valence-corrected chi connectivity index (χ4v) is 3.26. The quantitative estimate of drug-likeness (QED) is 0.832. The van der Waals surface area contributed by atoms with E-state index in [2.05, 4.69) is 5.32 Å². The second-order valence-corrected chi connectivity index (χ2v) is 5.38. The van der Waals surface area contributed by atoms with Gasteiger partial charge < -0.3 is 5.32 Å². The van der Waals surface area contributed by atoms with Crippen LogP contribution in [0.5, 0.6) is 0 Å². The zero-order chi connectivity index (χ0) is 11.0. The van der Waals surface area contributed by atoms with Gasteiger partial charge in [-0.2, -0.15) is 0 Å². The highest BCUT2D eigenvalue weighted by molar-refractivity contribution is 8.14. The predicted octanol–water partition coefficient (Wildman–Crippen LogP) is 3.88. The Labute approximate surface area is 102 Å². The molecule has 0 aliphatic carbocycles. The van der Waals surface area contributed by atoms with E-state index in [1.54, 1.807) is 12.1 Å². The van der Waals surface area contributed by atoms with Gasteiger partial charge in [-0.25, -0.2) is 0 Å². The van der Waals surface area contributed by atoms with Crippen molar-refractivity contribution in [2.24, 2.45) is 0 Å². The molecule has 1 saturated heterocycles. The molecule has 0 aromatic heterocycles. The lowest BCUT2D eigenvalue weighted by Crippen LogP contribution is -2.23. The lowest BCUT2D eigenvalue weighted by Gasteiger charge is -2.14. The summed E-state index contributed by atoms with van der Waals surface area (Å²) in [6.07, 6.45) is 0. The standard InChI is InChI=1S/C10H9Cl2NOS/c1-5-9(15-10(14)13-5)7-3-2-6(11)4-8(7)12/h2-5,9H,1H3,(H,13,14). The minimum absolute atomic E-state index is 0.00137. The zero-order valence-corrected chi connectivity index (χ0v) is 10.3. The number of carbonyl (C=O) groups excluding carboxylic acids is 1. The van der Waals surface area contributed by atoms with Crippen molar-refractivity contribution in [1.82, 2.24) is 5.32 Å². The van der Waals surface area contributed by atoms with Gasteiger partial charge in [0.05, 0.1) is 5.25 Å². The van der Waals surface area contributed by atoms with Crippen molar-refractivity contribution in [3.05, 3.63) is 33.8 Å². The van der Waals surface area contributed by atoms with Crippen LogP contribution in [-0.4, -0.2) is 11.3 Å². The Bertz CT molecular complexity index is 410. The van der Waals surface area contributed by atoms with Gasteiger partial charge in [0.1, 0.15) is 0 Å². The molecule has 5 heteroatoms. The number of rotatable bonds is 1. The SMILES string of the molecule is CC1NC(=O)SC1c1ccc(Cl)cc1Cl. The zero-order valence-electron chi connectivity index (χ0n) is 7.96. The van der Waals surface area contributed by atoms with Crippen molar-refractivity contribution in [2.45, 2.75) is 18.2 Å². The largest absolute Gasteiger partial charge is 0.343 e. The van der Waals surface area contributed by atoms with E-state index in [1.807, 2.05) is 13.0 Å². The van der Waals surface area contributed by atoms with E-state index >= 15 is 0 Å². The van der Waals surface area contributed by atoms with E-state index < -0.39 is 0 Å². The summed E-state index contributed by atoms with van der Waals surface area (Å²) >= 11 is 13.2. The molecule has 1 aromatic rings. The maximum atomic E-state index is 11.2. The van der Waals surface area contributed by atoms with Crippen LogP contribution in [0.1, 0.15) is 17.7 Å². The number of thioether (sulfide) groups is 1. The van der Waals surface area contributed by atoms with Gasteiger partial charge in [0.15, 0.2) is 0 Å². The molecule has 0 radical (unpaired) electrons. The molecule has 80 valence electrons. The minimum Gasteiger partial charge on any atom is -0.343 e. The van der Waals surface area contributed by atoms with E-state index in [0.29, 0.717) is 10.0 Å². The lowest BCUT2D eigenvalue weighted by atomic mass is 10.1. The van der Waals surface area contributed by atoms with Crippen LogP contribution in [0.4, 0.5) is 4.79 Å². The molecule has 1 aromatic carbocycles. The third-order valence-electron chi connectivity index (χ3n) is 2.30. The molecular formula is C10H9Cl2NOS. The number of nitrogens with one attached hydrogen (secondary N) is 1. The lowest BCUT2D eigenvalue weighted by molar-refractivity contribution is 0.260. The maximum Gasteiger partial charge on any atom is 0.279 e. The van der Waals surface area contributed by atoms with Crippen LogP contribution in [0.3, 0.4) is 0 Å². The molecule has 2 nitrogen and oxygen atoms in total. The summed E-state index contributed by atoms with van der Waals surface area (Å²) in [5.74, 6) is 0. The smallest absolute Gasteiger partial charge is 0.279 e. The summed E-state index contributed by atoms with van der Waals surface area (Å²) in [7, 11) is 0. The third-order valence-corrected chi connectivity index (χ3v) is 4.11. The van der Waals surface area contributed by atoms with Gasteiger partial charge in [0.2, 0.25) is 0 Å². The van der Waals surface area contributed by atoms with Crippen LogP contribution in [0.2, 0.25) is 10.0 Å². The Balaban J connectivity index is 2.33. The highest BCUT2D eigenvalue weighted by atomic mass is 35.5. The Hall–Kier alpha value is -0.380. The van der Waals surface area contributed by atoms with E-state index in [4.69, 9.17) is 23.2 Å². The van der Waals surface area contributed by atoms with Crippen molar-refractivity contribution in [2.75, 3.05) is 0 Å². The molecule has 1 fully saturated rings. The molecule has 0 bridgehead atoms. The normalized spacial score (nSPS) is 25.4. The first kappa shape index (κ1) is 11.1. The number of hydrogen-bond acceptors (Lipinski definition) is 2. The molecule has 1 amide bonds. The summed E-state index contributed by atoms with van der Waals surface area (Å²) < 4.78 is 0. The van der Waals surface area contributed by atoms with Crippen LogP contribution in [0.15, 0.2) is 18.2 Å². The van der Waals surface area contributed by atoms with E-state index in [1.165, 1.54) is 11.8 Å². The molecule has 1 aliphatic heterocycles. The molecular weight excluding hydrogens is 253 g/mol. The first-order valence-corrected chi connectivity index (χ1v) is 6.13. The number of hydrogen-bond donors (Lipinski definition) is 1. The number of halogens is 2. The van der Waals surface area contributed by atoms with Gasteiger partial charge in [-0.05, 0) is 24.6 Å². The van der Waals surface area contributed by atoms with Crippen LogP contribution in [0.25, 0.3) is 0 Å². The topological polar surface area (TPSA) is 29.1 Å². The number of amides is 1. The van der Waals surface area contributed by atoms with Gasteiger partial charge in [0, 0.05) is 16.1 Å². The summed E-state index contributed by atoms with van der Waals surface area (Å²) in [4.78, 5) is 11.2. The van der Waals surface area contributed by atoms with Crippen molar-refractivity contribution in [3.63, 3.8) is 0 Å². The Morgan fingerprint density at radius 1 is 1.40 bits per heavy atom. The monoisotopic (exact) mass is 261 g/mol. The number of carbonyl (C=O) groups is 1. The molecule has 1 heterocycles. The number of benzene rings is 1. The van der Waals surface area contributed by atoms with E-state index in [-0.39, 0.29) is 16.5 Å². The van der Waals surface area contributed by atoms with Gasteiger partial charge in [-0.3, -0.25) is 4.79 Å². The van der Waals surface area contributed by atoms with Gasteiger partial charge in [-0.15, -0.1) is 0 Å². The molecule has 15 heavy (non-hydrogen) atoms. The van der Waals surface area contributed by atoms with Crippen molar-refractivity contribution in [3.8, 4) is 0 Å². The van der Waals surface area contributed by atoms with Crippen LogP contribution < -0.4 is 5.32 Å². The Morgan fingerprint density at radius 2 is 2.13 bits per heavy atom. The van der Waals surface area contributed by atoms with Crippen LogP contribution >= 0.6 is 35.0 Å². The highest BCUT2D eigenvalue weighted by Gasteiger charge is 2.32. The summed E-state index contributed by atoms with van der Waals surface area (Å²) in [6, 6.07) is 5.47. The average molecular weight is 262 g/mol. The van der Waals surface area contributed by atoms with E-state index in [9.17, 15) is 4.79 Å². The molecule has 0 saturated carbocycles. The van der Waals surface area contributed by atoms with Crippen molar-refractivity contribution >= 4 is 40.2 Å². The molecule has 1 aliphatic rings. The second kappa shape index (κ2) is 4.24. The molecule has 2 unspecified atom stereocenters. The van der Waals surface area contributed by atoms with Crippen molar-refractivity contribution < 1.29 is 4.79 Å². The predicted molar refractivity (Wildman–Crippen MR) is 64.8 cm³/mol. The first-order valence-electron chi connectivity index (χ1n) is 4.50. The Kier molecular flexibility index (Phi) is 3.14. The molecule has 1 N–H and O–H groups in total. The minimum atomic E-state index is -0.00137. The van der Waals surface area contributed by atoms with Gasteiger partial charge in [-0.1, -0.05) is 41.0 Å². The van der Waals surface area contributed by atoms with Gasteiger partial charge >= 0.3 is 0 Å². The molecule has 0 spiro atoms. The highest BCUT2D eigenvalue weighted by Crippen LogP contribution is 2.41. The second-order valence-electron chi connectivity index (χ2n) is 3.42. The van der Waals surface area contributed by atoms with Crippen LogP contribution in [0, 0.1) is 0 Å². The Morgan fingerprint density at radius 3 is 2.67 bits per heavy atom. The molecule has 2 rings (SSSR count). The van der Waals surface area contributed by atoms with Crippen molar-refractivity contribution in [1.29, 1.82) is 0 Å². The van der Waals surface area contributed by atoms with E-state index in [0.717, 1.165) is 5.56 Å². The summed E-state index contributed by atoms with van der Waals surface area (Å²) in [5.41, 5.74) is 0.955. The summed E-state index contributed by atoms with van der Waals surface area (Å²) in [6.45, 7) is 1.97. The first-order chi connectivity index (χ1) is 7.08. The average Bonchev–Trinajstić information content (AvgIpc) is 2.45. The molecule has 2 atom stereocenters. The fraction of sp³-hybridized carbons (Fsp3) is 0.300.